The van der Waals surface area contributed by atoms with Crippen molar-refractivity contribution >= 4 is 0 Å². The molecule has 18 atom stereocenters. The Kier molecular flexibility index (Phi) is 0.751. The van der Waals surface area contributed by atoms with E-state index in [9.17, 15) is 0 Å². The number of hydrogen-bond donors (Lipinski definition) is 0. The molecule has 122 valence electrons. The summed E-state index contributed by atoms with van der Waals surface area (Å²) in [6.07, 6.45) is 3.43. The van der Waals surface area contributed by atoms with E-state index in [1.165, 1.54) is 47.3 Å². The minimum Gasteiger partial charge on any atom is -0.0616 e. The SMILES string of the molecule is CC1C2C3C4CC5C6CC7C8C9C(C)C%10(C)C1(C)C21C9%10C82C67C54C312. The van der Waals surface area contributed by atoms with Crippen LogP contribution in [0.15, 0.2) is 0 Å². The molecule has 0 aromatic heterocycles. The second kappa shape index (κ2) is 1.74. The Morgan fingerprint density at radius 2 is 0.958 bits per heavy atom. The van der Waals surface area contributed by atoms with Gasteiger partial charge in [0.05, 0.1) is 0 Å². The molecular weight excluding hydrogens is 288 g/mol. The maximum Gasteiger partial charge on any atom is -0.00541 e. The van der Waals surface area contributed by atoms with Gasteiger partial charge in [0.2, 0.25) is 0 Å². The van der Waals surface area contributed by atoms with Gasteiger partial charge in [-0.15, -0.1) is 0 Å². The molecule has 0 N–H and O–H groups in total. The van der Waals surface area contributed by atoms with Crippen LogP contribution in [0.25, 0.3) is 0 Å². The first-order valence-electron chi connectivity index (χ1n) is 11.5. The molecule has 0 heterocycles. The summed E-state index contributed by atoms with van der Waals surface area (Å²) in [6, 6.07) is 0. The van der Waals surface area contributed by atoms with Crippen molar-refractivity contribution in [2.45, 2.75) is 40.5 Å². The van der Waals surface area contributed by atoms with Crippen molar-refractivity contribution in [1.29, 1.82) is 0 Å². The fourth-order valence-electron chi connectivity index (χ4n) is 19.8. The molecule has 0 bridgehead atoms. The molecule has 12 aliphatic carbocycles. The van der Waals surface area contributed by atoms with E-state index in [1.807, 2.05) is 0 Å². The summed E-state index contributed by atoms with van der Waals surface area (Å²) < 4.78 is 0. The molecule has 0 aromatic carbocycles. The highest BCUT2D eigenvalue weighted by Gasteiger charge is 3.38. The highest BCUT2D eigenvalue weighted by Crippen LogP contribution is 3.40. The van der Waals surface area contributed by atoms with E-state index in [0.29, 0.717) is 0 Å². The minimum atomic E-state index is 0.773. The number of hydrogen-bond acceptors (Lipinski definition) is 0. The van der Waals surface area contributed by atoms with Crippen LogP contribution in [0.3, 0.4) is 0 Å². The van der Waals surface area contributed by atoms with E-state index in [-0.39, 0.29) is 0 Å². The van der Waals surface area contributed by atoms with Crippen molar-refractivity contribution in [3.63, 3.8) is 0 Å². The van der Waals surface area contributed by atoms with E-state index in [2.05, 4.69) is 27.7 Å². The zero-order chi connectivity index (χ0) is 15.2. The normalized spacial score (nSPS) is 112. The highest BCUT2D eigenvalue weighted by molar-refractivity contribution is 5.83. The lowest BCUT2D eigenvalue weighted by molar-refractivity contribution is -0.943. The van der Waals surface area contributed by atoms with E-state index >= 15 is 0 Å². The third kappa shape index (κ3) is 0.280. The summed E-state index contributed by atoms with van der Waals surface area (Å²) in [5.74, 6) is 12.3. The molecule has 0 nitrogen and oxygen atoms in total. The second-order valence-corrected chi connectivity index (χ2v) is 14.0. The molecule has 6 spiro atoms. The summed E-state index contributed by atoms with van der Waals surface area (Å²) in [5.41, 5.74) is 7.54. The van der Waals surface area contributed by atoms with Crippen LogP contribution in [0, 0.1) is 102 Å². The largest absolute Gasteiger partial charge is 0.0616 e. The summed E-state index contributed by atoms with van der Waals surface area (Å²) >= 11 is 0. The van der Waals surface area contributed by atoms with Gasteiger partial charge in [-0.05, 0) is 115 Å². The summed E-state index contributed by atoms with van der Waals surface area (Å²) in [7, 11) is 0. The van der Waals surface area contributed by atoms with Gasteiger partial charge in [-0.3, -0.25) is 0 Å². The van der Waals surface area contributed by atoms with Gasteiger partial charge in [0.1, 0.15) is 0 Å². The monoisotopic (exact) mass is 314 g/mol. The van der Waals surface area contributed by atoms with Gasteiger partial charge >= 0.3 is 0 Å². The van der Waals surface area contributed by atoms with Crippen molar-refractivity contribution < 1.29 is 0 Å². The van der Waals surface area contributed by atoms with Gasteiger partial charge in [-0.25, -0.2) is 0 Å². The molecule has 0 saturated heterocycles. The fraction of sp³-hybridized carbons (Fsp3) is 1.00. The molecule has 12 fully saturated rings. The molecule has 0 radical (unpaired) electrons. The first-order chi connectivity index (χ1) is 11.5. The van der Waals surface area contributed by atoms with Crippen LogP contribution in [-0.2, 0) is 0 Å². The average Bonchev–Trinajstić information content (AvgIpc) is 2.48. The zero-order valence-corrected chi connectivity index (χ0v) is 15.2. The molecule has 24 heavy (non-hydrogen) atoms. The van der Waals surface area contributed by atoms with Crippen molar-refractivity contribution in [1.82, 2.24) is 0 Å². The zero-order valence-electron chi connectivity index (χ0n) is 15.2. The standard InChI is InChI=1S/C24H26/c1-7-13-15-11-5-9-10-6-12-16-14-8(2)18(4)17(7,3)21(13)22(14,18)24(16)20(10,12)19(9,11)23(15,21)24/h7-16H,5-6H2,1-4H3. The average molecular weight is 314 g/mol. The minimum absolute atomic E-state index is 0.773. The molecule has 0 aliphatic heterocycles. The van der Waals surface area contributed by atoms with Gasteiger partial charge in [0, 0.05) is 0 Å². The fourth-order valence-corrected chi connectivity index (χ4v) is 19.8. The van der Waals surface area contributed by atoms with E-state index in [0.717, 1.165) is 55.2 Å². The van der Waals surface area contributed by atoms with Crippen LogP contribution >= 0.6 is 0 Å². The Morgan fingerprint density at radius 1 is 0.542 bits per heavy atom. The van der Waals surface area contributed by atoms with Crippen molar-refractivity contribution in [2.75, 3.05) is 0 Å². The number of rotatable bonds is 0. The van der Waals surface area contributed by atoms with Gasteiger partial charge in [0.25, 0.3) is 0 Å². The molecule has 0 aromatic rings. The Bertz CT molecular complexity index is 864. The van der Waals surface area contributed by atoms with Gasteiger partial charge in [0.15, 0.2) is 0 Å². The third-order valence-corrected chi connectivity index (χ3v) is 17.6. The maximum atomic E-state index is 2.84. The van der Waals surface area contributed by atoms with Gasteiger partial charge in [-0.1, -0.05) is 27.7 Å². The molecule has 0 heteroatoms. The van der Waals surface area contributed by atoms with Crippen LogP contribution in [-0.4, -0.2) is 0 Å². The Labute approximate surface area is 143 Å². The second-order valence-electron chi connectivity index (χ2n) is 14.0. The first-order valence-corrected chi connectivity index (χ1v) is 11.5. The molecule has 12 saturated carbocycles. The molecular formula is C24H26. The van der Waals surface area contributed by atoms with Crippen LogP contribution in [0.5, 0.6) is 0 Å². The Hall–Kier alpha value is 0. The number of fused-ring (bicyclic) bond motifs is 6. The molecule has 18 unspecified atom stereocenters. The van der Waals surface area contributed by atoms with Gasteiger partial charge < -0.3 is 0 Å². The predicted octanol–water partition coefficient (Wildman–Crippen LogP) is 4.06. The predicted molar refractivity (Wildman–Crippen MR) is 86.3 cm³/mol. The van der Waals surface area contributed by atoms with Crippen LogP contribution in [0.1, 0.15) is 40.5 Å². The third-order valence-electron chi connectivity index (χ3n) is 17.6. The van der Waals surface area contributed by atoms with E-state index < -0.39 is 0 Å². The van der Waals surface area contributed by atoms with Crippen molar-refractivity contribution in [2.24, 2.45) is 102 Å². The van der Waals surface area contributed by atoms with Crippen molar-refractivity contribution in [3.05, 3.63) is 0 Å². The van der Waals surface area contributed by atoms with Gasteiger partial charge in [-0.2, -0.15) is 0 Å². The van der Waals surface area contributed by atoms with Crippen LogP contribution in [0.4, 0.5) is 0 Å². The quantitative estimate of drug-likeness (QED) is 0.632. The lowest BCUT2D eigenvalue weighted by Crippen LogP contribution is -3.37. The molecule has 12 rings (SSSR count). The Morgan fingerprint density at radius 3 is 1.38 bits per heavy atom. The summed E-state index contributed by atoms with van der Waals surface area (Å²) in [5, 5.41) is 0. The van der Waals surface area contributed by atoms with Crippen molar-refractivity contribution in [3.8, 4) is 0 Å². The highest BCUT2D eigenvalue weighted by atomic mass is 15.4. The van der Waals surface area contributed by atoms with Crippen LogP contribution in [0.2, 0.25) is 0 Å². The molecule has 0 amide bonds. The molecule has 12 aliphatic rings. The summed E-state index contributed by atoms with van der Waals surface area (Å²) in [6.45, 7) is 11.1. The maximum absolute atomic E-state index is 2.84. The smallest absolute Gasteiger partial charge is 0.00541 e. The lowest BCUT2D eigenvalue weighted by atomic mass is 8.63. The lowest BCUT2D eigenvalue weighted by Gasteiger charge is -3.39. The topological polar surface area (TPSA) is 0 Å². The van der Waals surface area contributed by atoms with Crippen LogP contribution < -0.4 is 0 Å². The first kappa shape index (κ1) is 10.4. The van der Waals surface area contributed by atoms with E-state index in [1.54, 1.807) is 12.8 Å². The summed E-state index contributed by atoms with van der Waals surface area (Å²) in [4.78, 5) is 0. The van der Waals surface area contributed by atoms with E-state index in [4.69, 9.17) is 0 Å². The Balaban J connectivity index is 1.31.